The second-order valence-corrected chi connectivity index (χ2v) is 3.28. The van der Waals surface area contributed by atoms with Gasteiger partial charge in [-0.1, -0.05) is 0 Å². The molecule has 0 aromatic heterocycles. The Morgan fingerprint density at radius 1 is 1.42 bits per heavy atom. The maximum absolute atomic E-state index is 11.8. The lowest BCUT2D eigenvalue weighted by molar-refractivity contribution is -0.123. The molecule has 12 heavy (non-hydrogen) atoms. The molecule has 1 fully saturated rings. The molecule has 1 rings (SSSR count). The molecule has 2 nitrogen and oxygen atoms in total. The maximum Gasteiger partial charge on any atom is 0.136 e. The van der Waals surface area contributed by atoms with Crippen molar-refractivity contribution in [3.63, 3.8) is 0 Å². The fourth-order valence-corrected chi connectivity index (χ4v) is 1.59. The topological polar surface area (TPSA) is 29.1 Å². The Bertz CT molecular complexity index is 143. The third kappa shape index (κ3) is 2.89. The predicted octanol–water partition coefficient (Wildman–Crippen LogP) is 1.30. The first kappa shape index (κ1) is 9.65. The van der Waals surface area contributed by atoms with Gasteiger partial charge in [0, 0.05) is 12.3 Å². The monoisotopic (exact) mass is 173 g/mol. The molecule has 0 aliphatic carbocycles. The Balaban J connectivity index is 2.20. The number of Topliss-reactive ketones (excluding diaryl/α,β-unsaturated/α-hetero) is 1. The Hall–Kier alpha value is -0.440. The fourth-order valence-electron chi connectivity index (χ4n) is 1.59. The highest BCUT2D eigenvalue weighted by atomic mass is 19.1. The molecule has 0 aromatic rings. The molecule has 1 heterocycles. The van der Waals surface area contributed by atoms with Gasteiger partial charge >= 0.3 is 0 Å². The number of rotatable bonds is 4. The molecule has 0 unspecified atom stereocenters. The van der Waals surface area contributed by atoms with Gasteiger partial charge in [-0.3, -0.25) is 9.18 Å². The number of alkyl halides is 1. The van der Waals surface area contributed by atoms with E-state index in [1.165, 1.54) is 0 Å². The highest BCUT2D eigenvalue weighted by Gasteiger charge is 2.19. The van der Waals surface area contributed by atoms with Crippen molar-refractivity contribution < 1.29 is 9.18 Å². The zero-order valence-electron chi connectivity index (χ0n) is 7.31. The van der Waals surface area contributed by atoms with Gasteiger partial charge in [0.1, 0.15) is 5.78 Å². The van der Waals surface area contributed by atoms with Crippen LogP contribution in [0.1, 0.15) is 25.7 Å². The van der Waals surface area contributed by atoms with E-state index in [0.29, 0.717) is 12.8 Å². The normalized spacial score (nSPS) is 19.4. The molecule has 0 radical (unpaired) electrons. The van der Waals surface area contributed by atoms with Gasteiger partial charge in [0.05, 0.1) is 6.67 Å². The van der Waals surface area contributed by atoms with E-state index < -0.39 is 0 Å². The quantitative estimate of drug-likeness (QED) is 0.694. The second-order valence-electron chi connectivity index (χ2n) is 3.28. The molecule has 70 valence electrons. The summed E-state index contributed by atoms with van der Waals surface area (Å²) in [6.07, 6.45) is 2.71. The van der Waals surface area contributed by atoms with Gasteiger partial charge < -0.3 is 5.32 Å². The lowest BCUT2D eigenvalue weighted by atomic mass is 9.91. The minimum Gasteiger partial charge on any atom is -0.317 e. The number of carbonyl (C=O) groups is 1. The standard InChI is InChI=1S/C9H16FNO/c10-5-1-2-9(12)8-3-6-11-7-4-8/h8,11H,1-7H2. The van der Waals surface area contributed by atoms with Crippen LogP contribution in [0.2, 0.25) is 0 Å². The highest BCUT2D eigenvalue weighted by molar-refractivity contribution is 5.81. The summed E-state index contributed by atoms with van der Waals surface area (Å²) in [6, 6.07) is 0. The van der Waals surface area contributed by atoms with Crippen LogP contribution < -0.4 is 5.32 Å². The van der Waals surface area contributed by atoms with Crippen LogP contribution in [0.15, 0.2) is 0 Å². The Morgan fingerprint density at radius 3 is 2.67 bits per heavy atom. The van der Waals surface area contributed by atoms with Crippen LogP contribution in [-0.2, 0) is 4.79 Å². The number of carbonyl (C=O) groups excluding carboxylic acids is 1. The predicted molar refractivity (Wildman–Crippen MR) is 45.8 cm³/mol. The average Bonchev–Trinajstić information content (AvgIpc) is 2.15. The van der Waals surface area contributed by atoms with Gasteiger partial charge in [0.15, 0.2) is 0 Å². The lowest BCUT2D eigenvalue weighted by Gasteiger charge is -2.20. The van der Waals surface area contributed by atoms with E-state index in [-0.39, 0.29) is 18.4 Å². The minimum absolute atomic E-state index is 0.206. The maximum atomic E-state index is 11.8. The molecule has 1 aliphatic heterocycles. The van der Waals surface area contributed by atoms with E-state index in [1.807, 2.05) is 0 Å². The Kier molecular flexibility index (Phi) is 4.22. The van der Waals surface area contributed by atoms with Crippen LogP contribution in [0.4, 0.5) is 4.39 Å². The largest absolute Gasteiger partial charge is 0.317 e. The summed E-state index contributed by atoms with van der Waals surface area (Å²) in [5, 5.41) is 3.20. The van der Waals surface area contributed by atoms with Crippen molar-refractivity contribution in [3.8, 4) is 0 Å². The van der Waals surface area contributed by atoms with E-state index in [4.69, 9.17) is 0 Å². The molecule has 3 heteroatoms. The van der Waals surface area contributed by atoms with Gasteiger partial charge in [0.25, 0.3) is 0 Å². The van der Waals surface area contributed by atoms with Gasteiger partial charge in [-0.15, -0.1) is 0 Å². The van der Waals surface area contributed by atoms with E-state index >= 15 is 0 Å². The van der Waals surface area contributed by atoms with Gasteiger partial charge in [-0.2, -0.15) is 0 Å². The van der Waals surface area contributed by atoms with E-state index in [9.17, 15) is 9.18 Å². The number of ketones is 1. The molecular weight excluding hydrogens is 157 g/mol. The zero-order chi connectivity index (χ0) is 8.81. The number of nitrogens with one attached hydrogen (secondary N) is 1. The molecule has 0 saturated carbocycles. The number of piperidine rings is 1. The van der Waals surface area contributed by atoms with Gasteiger partial charge in [-0.05, 0) is 32.4 Å². The summed E-state index contributed by atoms with van der Waals surface area (Å²) < 4.78 is 11.8. The first-order chi connectivity index (χ1) is 5.84. The SMILES string of the molecule is O=C(CCCF)C1CCNCC1. The number of halogens is 1. The smallest absolute Gasteiger partial charge is 0.136 e. The summed E-state index contributed by atoms with van der Waals surface area (Å²) in [7, 11) is 0. The zero-order valence-corrected chi connectivity index (χ0v) is 7.31. The van der Waals surface area contributed by atoms with Gasteiger partial charge in [0.2, 0.25) is 0 Å². The molecule has 0 amide bonds. The third-order valence-electron chi connectivity index (χ3n) is 2.35. The minimum atomic E-state index is -0.364. The van der Waals surface area contributed by atoms with Crippen molar-refractivity contribution in [1.82, 2.24) is 5.32 Å². The average molecular weight is 173 g/mol. The summed E-state index contributed by atoms with van der Waals surface area (Å²) in [5.74, 6) is 0.465. The second kappa shape index (κ2) is 5.25. The van der Waals surface area contributed by atoms with Crippen LogP contribution in [0.3, 0.4) is 0 Å². The van der Waals surface area contributed by atoms with Crippen molar-refractivity contribution in [2.24, 2.45) is 5.92 Å². The third-order valence-corrected chi connectivity index (χ3v) is 2.35. The Labute approximate surface area is 72.5 Å². The summed E-state index contributed by atoms with van der Waals surface area (Å²) in [6.45, 7) is 1.51. The molecule has 0 atom stereocenters. The van der Waals surface area contributed by atoms with Crippen LogP contribution in [0, 0.1) is 5.92 Å². The molecule has 0 aromatic carbocycles. The van der Waals surface area contributed by atoms with Crippen molar-refractivity contribution in [2.75, 3.05) is 19.8 Å². The van der Waals surface area contributed by atoms with Crippen LogP contribution in [0.5, 0.6) is 0 Å². The molecule has 1 N–H and O–H groups in total. The first-order valence-electron chi connectivity index (χ1n) is 4.64. The molecule has 0 spiro atoms. The number of hydrogen-bond donors (Lipinski definition) is 1. The number of hydrogen-bond acceptors (Lipinski definition) is 2. The summed E-state index contributed by atoms with van der Waals surface area (Å²) in [5.41, 5.74) is 0. The van der Waals surface area contributed by atoms with Crippen molar-refractivity contribution in [3.05, 3.63) is 0 Å². The van der Waals surface area contributed by atoms with Crippen molar-refractivity contribution in [1.29, 1.82) is 0 Å². The summed E-state index contributed by atoms with van der Waals surface area (Å²) >= 11 is 0. The van der Waals surface area contributed by atoms with Gasteiger partial charge in [-0.25, -0.2) is 0 Å². The van der Waals surface area contributed by atoms with Crippen molar-refractivity contribution in [2.45, 2.75) is 25.7 Å². The molecule has 1 aliphatic rings. The molecule has 0 bridgehead atoms. The fraction of sp³-hybridized carbons (Fsp3) is 0.889. The van der Waals surface area contributed by atoms with E-state index in [1.54, 1.807) is 0 Å². The van der Waals surface area contributed by atoms with E-state index in [2.05, 4.69) is 5.32 Å². The molecule has 1 saturated heterocycles. The van der Waals surface area contributed by atoms with Crippen LogP contribution in [0.25, 0.3) is 0 Å². The summed E-state index contributed by atoms with van der Waals surface area (Å²) in [4.78, 5) is 11.4. The van der Waals surface area contributed by atoms with Crippen molar-refractivity contribution >= 4 is 5.78 Å². The lowest BCUT2D eigenvalue weighted by Crippen LogP contribution is -2.31. The first-order valence-corrected chi connectivity index (χ1v) is 4.64. The Morgan fingerprint density at radius 2 is 2.08 bits per heavy atom. The van der Waals surface area contributed by atoms with Crippen LogP contribution >= 0.6 is 0 Å². The molecular formula is C9H16FNO. The highest BCUT2D eigenvalue weighted by Crippen LogP contribution is 2.15. The van der Waals surface area contributed by atoms with Crippen LogP contribution in [-0.4, -0.2) is 25.5 Å². The van der Waals surface area contributed by atoms with E-state index in [0.717, 1.165) is 25.9 Å².